The molecule has 0 spiro atoms. The van der Waals surface area contributed by atoms with Gasteiger partial charge in [0.25, 0.3) is 0 Å². The smallest absolute Gasteiger partial charge is 0.242 e. The minimum atomic E-state index is -3.50. The van der Waals surface area contributed by atoms with Gasteiger partial charge in [-0.1, -0.05) is 12.5 Å². The number of hydrogen-bond donors (Lipinski definition) is 1. The zero-order valence-corrected chi connectivity index (χ0v) is 14.8. The van der Waals surface area contributed by atoms with Crippen LogP contribution in [-0.4, -0.2) is 56.8 Å². The third-order valence-corrected chi connectivity index (χ3v) is 6.01. The number of likely N-dealkylation sites (tertiary alicyclic amines) is 1. The predicted octanol–water partition coefficient (Wildman–Crippen LogP) is 1.75. The van der Waals surface area contributed by atoms with Gasteiger partial charge in [0, 0.05) is 19.8 Å². The van der Waals surface area contributed by atoms with Gasteiger partial charge < -0.3 is 5.32 Å². The molecule has 1 atom stereocenters. The number of anilines is 1. The molecule has 23 heavy (non-hydrogen) atoms. The normalized spacial score (nSPS) is 17.9. The fraction of sp³-hybridized carbons (Fsp3) is 0.562. The van der Waals surface area contributed by atoms with Crippen molar-refractivity contribution in [1.82, 2.24) is 9.21 Å². The van der Waals surface area contributed by atoms with E-state index in [0.29, 0.717) is 5.69 Å². The molecule has 0 aliphatic carbocycles. The molecule has 6 nitrogen and oxygen atoms in total. The Morgan fingerprint density at radius 3 is 2.48 bits per heavy atom. The van der Waals surface area contributed by atoms with Crippen LogP contribution in [0.5, 0.6) is 0 Å². The summed E-state index contributed by atoms with van der Waals surface area (Å²) in [7, 11) is -0.534. The van der Waals surface area contributed by atoms with Gasteiger partial charge in [0.05, 0.1) is 10.9 Å². The molecule has 1 aliphatic heterocycles. The first kappa shape index (κ1) is 17.9. The number of amides is 1. The highest BCUT2D eigenvalue weighted by Crippen LogP contribution is 2.19. The molecule has 0 saturated carbocycles. The Morgan fingerprint density at radius 1 is 1.22 bits per heavy atom. The predicted molar refractivity (Wildman–Crippen MR) is 90.8 cm³/mol. The average Bonchev–Trinajstić information content (AvgIpc) is 2.55. The van der Waals surface area contributed by atoms with Gasteiger partial charge in [-0.3, -0.25) is 9.69 Å². The quantitative estimate of drug-likeness (QED) is 0.887. The summed E-state index contributed by atoms with van der Waals surface area (Å²) in [5, 5.41) is 2.83. The van der Waals surface area contributed by atoms with E-state index in [4.69, 9.17) is 0 Å². The van der Waals surface area contributed by atoms with Crippen molar-refractivity contribution >= 4 is 21.6 Å². The first-order valence-corrected chi connectivity index (χ1v) is 9.34. The summed E-state index contributed by atoms with van der Waals surface area (Å²) in [6, 6.07) is 6.15. The van der Waals surface area contributed by atoms with E-state index in [1.807, 2.05) is 6.92 Å². The SMILES string of the molecule is C[C@H](C(=O)Nc1cccc(S(=O)(=O)N(C)C)c1)N1CCCCC1. The van der Waals surface area contributed by atoms with Crippen molar-refractivity contribution in [3.05, 3.63) is 24.3 Å². The van der Waals surface area contributed by atoms with Crippen LogP contribution in [0.3, 0.4) is 0 Å². The van der Waals surface area contributed by atoms with Crippen molar-refractivity contribution in [3.8, 4) is 0 Å². The first-order chi connectivity index (χ1) is 10.8. The van der Waals surface area contributed by atoms with Crippen LogP contribution in [0.25, 0.3) is 0 Å². The van der Waals surface area contributed by atoms with Crippen molar-refractivity contribution in [2.75, 3.05) is 32.5 Å². The number of nitrogens with one attached hydrogen (secondary N) is 1. The highest BCUT2D eigenvalue weighted by Gasteiger charge is 2.23. The third-order valence-electron chi connectivity index (χ3n) is 4.20. The fourth-order valence-corrected chi connectivity index (χ4v) is 3.61. The number of rotatable bonds is 5. The third kappa shape index (κ3) is 4.31. The van der Waals surface area contributed by atoms with Crippen LogP contribution < -0.4 is 5.32 Å². The maximum Gasteiger partial charge on any atom is 0.242 e. The first-order valence-electron chi connectivity index (χ1n) is 7.90. The number of sulfonamides is 1. The Balaban J connectivity index is 2.09. The molecule has 1 saturated heterocycles. The van der Waals surface area contributed by atoms with Crippen LogP contribution in [0, 0.1) is 0 Å². The molecule has 1 aliphatic rings. The lowest BCUT2D eigenvalue weighted by Crippen LogP contribution is -2.44. The number of benzene rings is 1. The molecule has 1 N–H and O–H groups in total. The van der Waals surface area contributed by atoms with Gasteiger partial charge in [-0.2, -0.15) is 0 Å². The molecule has 0 radical (unpaired) electrons. The number of nitrogens with zero attached hydrogens (tertiary/aromatic N) is 2. The van der Waals surface area contributed by atoms with Crippen molar-refractivity contribution in [1.29, 1.82) is 0 Å². The summed E-state index contributed by atoms with van der Waals surface area (Å²) in [6.45, 7) is 3.76. The molecule has 0 bridgehead atoms. The molecule has 0 aromatic heterocycles. The molecule has 1 aromatic carbocycles. The van der Waals surface area contributed by atoms with Gasteiger partial charge in [0.15, 0.2) is 0 Å². The van der Waals surface area contributed by atoms with Crippen molar-refractivity contribution < 1.29 is 13.2 Å². The lowest BCUT2D eigenvalue weighted by Gasteiger charge is -2.31. The minimum absolute atomic E-state index is 0.105. The Kier molecular flexibility index (Phi) is 5.78. The second kappa shape index (κ2) is 7.42. The average molecular weight is 339 g/mol. The molecule has 2 rings (SSSR count). The van der Waals surface area contributed by atoms with Gasteiger partial charge in [0.2, 0.25) is 15.9 Å². The van der Waals surface area contributed by atoms with Crippen molar-refractivity contribution in [2.45, 2.75) is 37.1 Å². The van der Waals surface area contributed by atoms with E-state index in [0.717, 1.165) is 30.2 Å². The minimum Gasteiger partial charge on any atom is -0.325 e. The molecule has 1 amide bonds. The summed E-state index contributed by atoms with van der Waals surface area (Å²) in [6.07, 6.45) is 3.46. The summed E-state index contributed by atoms with van der Waals surface area (Å²) >= 11 is 0. The Labute approximate surface area is 138 Å². The topological polar surface area (TPSA) is 69.7 Å². The molecule has 1 heterocycles. The summed E-state index contributed by atoms with van der Waals surface area (Å²) in [5.74, 6) is -0.105. The van der Waals surface area contributed by atoms with Crippen LogP contribution in [0.15, 0.2) is 29.2 Å². The Bertz CT molecular complexity index is 652. The van der Waals surface area contributed by atoms with Gasteiger partial charge in [-0.05, 0) is 51.1 Å². The van der Waals surface area contributed by atoms with Crippen molar-refractivity contribution in [3.63, 3.8) is 0 Å². The summed E-state index contributed by atoms with van der Waals surface area (Å²) in [4.78, 5) is 14.7. The maximum atomic E-state index is 12.4. The second-order valence-electron chi connectivity index (χ2n) is 6.08. The van der Waals surface area contributed by atoms with Gasteiger partial charge >= 0.3 is 0 Å². The highest BCUT2D eigenvalue weighted by molar-refractivity contribution is 7.89. The largest absolute Gasteiger partial charge is 0.325 e. The van der Waals surface area contributed by atoms with E-state index < -0.39 is 10.0 Å². The number of carbonyl (C=O) groups is 1. The molecule has 7 heteroatoms. The standard InChI is InChI=1S/C16H25N3O3S/c1-13(19-10-5-4-6-11-19)16(20)17-14-8-7-9-15(12-14)23(21,22)18(2)3/h7-9,12-13H,4-6,10-11H2,1-3H3,(H,17,20)/t13-/m1/s1. The van der Waals surface area contributed by atoms with E-state index in [9.17, 15) is 13.2 Å². The van der Waals surface area contributed by atoms with Crippen LogP contribution in [0.4, 0.5) is 5.69 Å². The van der Waals surface area contributed by atoms with E-state index >= 15 is 0 Å². The second-order valence-corrected chi connectivity index (χ2v) is 8.23. The van der Waals surface area contributed by atoms with Crippen LogP contribution >= 0.6 is 0 Å². The highest BCUT2D eigenvalue weighted by atomic mass is 32.2. The summed E-state index contributed by atoms with van der Waals surface area (Å²) < 4.78 is 25.5. The molecule has 128 valence electrons. The lowest BCUT2D eigenvalue weighted by molar-refractivity contribution is -0.121. The van der Waals surface area contributed by atoms with Crippen LogP contribution in [0.2, 0.25) is 0 Å². The van der Waals surface area contributed by atoms with Gasteiger partial charge in [-0.15, -0.1) is 0 Å². The zero-order chi connectivity index (χ0) is 17.0. The Hall–Kier alpha value is -1.44. The Morgan fingerprint density at radius 2 is 1.87 bits per heavy atom. The van der Waals surface area contributed by atoms with E-state index in [1.54, 1.807) is 12.1 Å². The van der Waals surface area contributed by atoms with Crippen LogP contribution in [0.1, 0.15) is 26.2 Å². The monoisotopic (exact) mass is 339 g/mol. The van der Waals surface area contributed by atoms with Crippen LogP contribution in [-0.2, 0) is 14.8 Å². The molecule has 0 unspecified atom stereocenters. The van der Waals surface area contributed by atoms with E-state index in [1.165, 1.54) is 32.6 Å². The molecular weight excluding hydrogens is 314 g/mol. The molecule has 1 aromatic rings. The zero-order valence-electron chi connectivity index (χ0n) is 13.9. The van der Waals surface area contributed by atoms with Gasteiger partial charge in [-0.25, -0.2) is 12.7 Å². The van der Waals surface area contributed by atoms with Gasteiger partial charge in [0.1, 0.15) is 0 Å². The van der Waals surface area contributed by atoms with E-state index in [-0.39, 0.29) is 16.8 Å². The molecular formula is C16H25N3O3S. The number of hydrogen-bond acceptors (Lipinski definition) is 4. The summed E-state index contributed by atoms with van der Waals surface area (Å²) in [5.41, 5.74) is 0.502. The number of carbonyl (C=O) groups excluding carboxylic acids is 1. The lowest BCUT2D eigenvalue weighted by atomic mass is 10.1. The number of piperidine rings is 1. The van der Waals surface area contributed by atoms with Crippen molar-refractivity contribution in [2.24, 2.45) is 0 Å². The maximum absolute atomic E-state index is 12.4. The molecule has 1 fully saturated rings. The van der Waals surface area contributed by atoms with E-state index in [2.05, 4.69) is 10.2 Å². The fourth-order valence-electron chi connectivity index (χ4n) is 2.66.